The number of carboxylic acids is 1. The number of ether oxygens (including phenoxy) is 4. The van der Waals surface area contributed by atoms with E-state index < -0.39 is 66.6 Å². The lowest BCUT2D eigenvalue weighted by Crippen LogP contribution is -2.44. The third-order valence-electron chi connectivity index (χ3n) is 12.9. The Morgan fingerprint density at radius 1 is 0.585 bits per heavy atom. The summed E-state index contributed by atoms with van der Waals surface area (Å²) in [6, 6.07) is 8.79. The van der Waals surface area contributed by atoms with Gasteiger partial charge in [0.25, 0.3) is 0 Å². The molecule has 0 saturated heterocycles. The number of carboxylic acid groups (broad SMARTS) is 1. The van der Waals surface area contributed by atoms with E-state index in [2.05, 4.69) is 40.4 Å². The lowest BCUT2D eigenvalue weighted by molar-refractivity contribution is -0.275. The summed E-state index contributed by atoms with van der Waals surface area (Å²) >= 11 is 0. The highest BCUT2D eigenvalue weighted by molar-refractivity contribution is 5.80. The number of carbonyl (C=O) groups is 4. The molecule has 0 radical (unpaired) electrons. The molecule has 3 aliphatic carbocycles. The van der Waals surface area contributed by atoms with Crippen LogP contribution in [0.25, 0.3) is 22.8 Å². The van der Waals surface area contributed by atoms with Crippen molar-refractivity contribution in [3.8, 4) is 34.3 Å². The highest BCUT2D eigenvalue weighted by atomic mass is 19.4. The van der Waals surface area contributed by atoms with Crippen molar-refractivity contribution >= 4 is 24.4 Å². The number of carbonyl (C=O) groups excluding carboxylic acids is 3. The molecule has 3 aliphatic rings. The Morgan fingerprint density at radius 2 is 0.939 bits per heavy atom. The first-order valence-corrected chi connectivity index (χ1v) is 27.1. The monoisotopic (exact) mass is 1180 g/mol. The number of nitrogens with one attached hydrogen (secondary N) is 2. The van der Waals surface area contributed by atoms with Crippen LogP contribution in [0.5, 0.6) is 11.5 Å². The van der Waals surface area contributed by atoms with Gasteiger partial charge in [0.2, 0.25) is 29.7 Å². The summed E-state index contributed by atoms with van der Waals surface area (Å²) in [4.78, 5) is 52.6. The summed E-state index contributed by atoms with van der Waals surface area (Å²) in [6.07, 6.45) is 2.90. The summed E-state index contributed by atoms with van der Waals surface area (Å²) in [6.45, 7) is 10.6. The number of alkyl carbamates (subject to hydrolysis) is 2. The maximum atomic E-state index is 12.4. The zero-order chi connectivity index (χ0) is 60.9. The van der Waals surface area contributed by atoms with E-state index in [1.54, 1.807) is 41.5 Å². The lowest BCUT2D eigenvalue weighted by atomic mass is 9.85. The minimum atomic E-state index is -4.76. The fourth-order valence-electron chi connectivity index (χ4n) is 9.35. The standard InChI is InChI=1S/C22H28F3N3O4.C17H20F3N3O2.C14H25NO4.C2HF3O/c1-21(2,3)31-20(29)26-17(13-14-7-5-4-6-8-14)19-27-18(28-32-19)15-9-11-16(12-10-15)30-22(23,24)25;18-17(19,20)24-13-8-6-12(7-9-13)15-22-16(25-23-15)14(21)10-11-4-2-1-3-5-11;1-14(2,3)19-13(18)15-11(12(16)17)9-10-7-5-4-6-8-10;3-2(4,5)1-6/h9-12,14,17H,4-8,13H2,1-3H3,(H,26,29);6-9,11,14H,1-5,10,21H2;10-11H,4-9H2,1-3H3,(H,15,18)(H,16,17);1H/t17-;14-;11-;/m111./s1. The van der Waals surface area contributed by atoms with Crippen molar-refractivity contribution < 1.29 is 91.8 Å². The largest absolute Gasteiger partial charge is 0.573 e. The molecule has 0 unspecified atom stereocenters. The first-order valence-electron chi connectivity index (χ1n) is 27.1. The molecule has 0 bridgehead atoms. The van der Waals surface area contributed by atoms with Crippen LogP contribution in [-0.2, 0) is 19.1 Å². The Kier molecular flexibility index (Phi) is 25.7. The van der Waals surface area contributed by atoms with Gasteiger partial charge in [-0.2, -0.15) is 23.1 Å². The molecule has 3 saturated carbocycles. The second-order valence-electron chi connectivity index (χ2n) is 22.3. The Hall–Kier alpha value is -6.67. The zero-order valence-corrected chi connectivity index (χ0v) is 46.7. The number of amides is 2. The highest BCUT2D eigenvalue weighted by Crippen LogP contribution is 2.35. The second-order valence-corrected chi connectivity index (χ2v) is 22.3. The van der Waals surface area contributed by atoms with E-state index in [9.17, 15) is 59.0 Å². The molecule has 82 heavy (non-hydrogen) atoms. The fourth-order valence-corrected chi connectivity index (χ4v) is 9.35. The number of aliphatic carboxylic acids is 1. The zero-order valence-electron chi connectivity index (χ0n) is 46.7. The van der Waals surface area contributed by atoms with Gasteiger partial charge in [-0.3, -0.25) is 4.79 Å². The van der Waals surface area contributed by atoms with Gasteiger partial charge < -0.3 is 49.5 Å². The molecule has 27 heteroatoms. The number of halogens is 9. The molecule has 5 N–H and O–H groups in total. The van der Waals surface area contributed by atoms with Crippen molar-refractivity contribution in [1.82, 2.24) is 30.9 Å². The van der Waals surface area contributed by atoms with Crippen molar-refractivity contribution in [1.29, 1.82) is 0 Å². The number of nitrogens with two attached hydrogens (primary N) is 1. The van der Waals surface area contributed by atoms with Gasteiger partial charge in [0.15, 0.2) is 0 Å². The minimum Gasteiger partial charge on any atom is -0.480 e. The Morgan fingerprint density at radius 3 is 1.30 bits per heavy atom. The molecule has 2 aromatic carbocycles. The molecule has 2 heterocycles. The second kappa shape index (κ2) is 31.1. The number of alkyl halides is 9. The normalized spacial score (nSPS) is 16.9. The lowest BCUT2D eigenvalue weighted by Gasteiger charge is -2.26. The van der Waals surface area contributed by atoms with E-state index in [1.165, 1.54) is 93.5 Å². The Bertz CT molecular complexity index is 2550. The minimum absolute atomic E-state index is 0.207. The van der Waals surface area contributed by atoms with Crippen LogP contribution in [0.2, 0.25) is 0 Å². The van der Waals surface area contributed by atoms with Crippen LogP contribution < -0.4 is 25.8 Å². The van der Waals surface area contributed by atoms with E-state index in [-0.39, 0.29) is 29.3 Å². The number of aldehydes is 1. The van der Waals surface area contributed by atoms with E-state index >= 15 is 0 Å². The quantitative estimate of drug-likeness (QED) is 0.0637. The Labute approximate surface area is 469 Å². The summed E-state index contributed by atoms with van der Waals surface area (Å²) in [7, 11) is 0. The van der Waals surface area contributed by atoms with Crippen LogP contribution in [-0.4, -0.2) is 86.0 Å². The first kappa shape index (κ1) is 67.8. The number of aromatic nitrogens is 4. The van der Waals surface area contributed by atoms with Gasteiger partial charge >= 0.3 is 37.1 Å². The average molecular weight is 1180 g/mol. The smallest absolute Gasteiger partial charge is 0.480 e. The molecule has 3 fully saturated rings. The van der Waals surface area contributed by atoms with Gasteiger partial charge in [0.05, 0.1) is 6.04 Å². The molecular weight excluding hydrogens is 1110 g/mol. The van der Waals surface area contributed by atoms with Crippen molar-refractivity contribution in [2.75, 3.05) is 0 Å². The van der Waals surface area contributed by atoms with Gasteiger partial charge in [-0.1, -0.05) is 107 Å². The van der Waals surface area contributed by atoms with Crippen LogP contribution in [0.1, 0.15) is 181 Å². The summed E-state index contributed by atoms with van der Waals surface area (Å²) in [5, 5.41) is 22.3. The van der Waals surface area contributed by atoms with Gasteiger partial charge in [-0.15, -0.1) is 26.3 Å². The average Bonchev–Trinajstić information content (AvgIpc) is 4.18. The number of nitrogens with zero attached hydrogens (tertiary/aromatic N) is 4. The predicted molar refractivity (Wildman–Crippen MR) is 278 cm³/mol. The molecule has 4 aromatic rings. The third-order valence-corrected chi connectivity index (χ3v) is 12.9. The number of benzene rings is 2. The Balaban J connectivity index is 0.000000259. The van der Waals surface area contributed by atoms with Gasteiger partial charge in [0, 0.05) is 11.1 Å². The highest BCUT2D eigenvalue weighted by Gasteiger charge is 2.34. The molecular formula is C55H74F9N7O11. The molecule has 3 atom stereocenters. The van der Waals surface area contributed by atoms with Crippen LogP contribution in [0, 0.1) is 17.8 Å². The van der Waals surface area contributed by atoms with Gasteiger partial charge in [-0.05, 0) is 127 Å². The molecule has 2 aromatic heterocycles. The maximum Gasteiger partial charge on any atom is 0.573 e. The van der Waals surface area contributed by atoms with Crippen LogP contribution in [0.3, 0.4) is 0 Å². The summed E-state index contributed by atoms with van der Waals surface area (Å²) in [5.41, 5.74) is 5.90. The first-order chi connectivity index (χ1) is 38.2. The summed E-state index contributed by atoms with van der Waals surface area (Å²) < 4.78 is 134. The number of hydrogen-bond acceptors (Lipinski definition) is 15. The predicted octanol–water partition coefficient (Wildman–Crippen LogP) is 14.5. The SMILES string of the molecule is CC(C)(C)OC(=O)N[C@H](CC1CCCCC1)C(=O)O.CC(C)(C)OC(=O)N[C@H](CC1CCCCC1)c1nc(-c2ccc(OC(F)(F)F)cc2)no1.N[C@H](CC1CCCCC1)c1nc(-c2ccc(OC(F)(F)F)cc2)no1.O=CC(F)(F)F. The fraction of sp³-hybridized carbons (Fsp3) is 0.636. The third kappa shape index (κ3) is 27.4. The van der Waals surface area contributed by atoms with Crippen LogP contribution in [0.15, 0.2) is 57.6 Å². The van der Waals surface area contributed by atoms with E-state index in [1.807, 2.05) is 0 Å². The van der Waals surface area contributed by atoms with Gasteiger partial charge in [0.1, 0.15) is 34.8 Å². The van der Waals surface area contributed by atoms with Gasteiger partial charge in [-0.25, -0.2) is 14.4 Å². The van der Waals surface area contributed by atoms with Crippen molar-refractivity contribution in [2.45, 2.75) is 205 Å². The molecule has 0 spiro atoms. The molecule has 2 amide bonds. The molecule has 0 aliphatic heterocycles. The summed E-state index contributed by atoms with van der Waals surface area (Å²) in [5.74, 6) is 0.853. The van der Waals surface area contributed by atoms with Crippen molar-refractivity contribution in [3.63, 3.8) is 0 Å². The van der Waals surface area contributed by atoms with Crippen LogP contribution >= 0.6 is 0 Å². The van der Waals surface area contributed by atoms with E-state index in [4.69, 9.17) is 29.0 Å². The van der Waals surface area contributed by atoms with Crippen LogP contribution in [0.4, 0.5) is 49.1 Å². The van der Waals surface area contributed by atoms with E-state index in [0.717, 1.165) is 57.8 Å². The number of rotatable bonds is 15. The maximum absolute atomic E-state index is 12.4. The van der Waals surface area contributed by atoms with Crippen molar-refractivity contribution in [2.24, 2.45) is 23.5 Å². The topological polar surface area (TPSA) is 253 Å². The van der Waals surface area contributed by atoms with Crippen molar-refractivity contribution in [3.05, 3.63) is 60.3 Å². The molecule has 18 nitrogen and oxygen atoms in total. The molecule has 458 valence electrons. The van der Waals surface area contributed by atoms with E-state index in [0.29, 0.717) is 53.4 Å². The number of hydrogen-bond donors (Lipinski definition) is 4. The molecule has 7 rings (SSSR count).